The number of hydroxylamine groups is 1. The lowest BCUT2D eigenvalue weighted by molar-refractivity contribution is 0.582. The van der Waals surface area contributed by atoms with Crippen molar-refractivity contribution in [3.05, 3.63) is 35.0 Å². The smallest absolute Gasteiger partial charge is 0.148 e. The Morgan fingerprint density at radius 2 is 1.40 bits per heavy atom. The van der Waals surface area contributed by atoms with Crippen LogP contribution in [0.15, 0.2) is 18.2 Å². The molecule has 0 heterocycles. The van der Waals surface area contributed by atoms with E-state index in [4.69, 9.17) is 0 Å². The summed E-state index contributed by atoms with van der Waals surface area (Å²) in [6, 6.07) is 3.48. The van der Waals surface area contributed by atoms with Crippen LogP contribution in [0.3, 0.4) is 0 Å². The molecule has 1 rings (SSSR count). The first-order valence-corrected chi connectivity index (χ1v) is 8.13. The molecule has 1 aromatic carbocycles. The summed E-state index contributed by atoms with van der Waals surface area (Å²) in [5.74, 6) is -1.62. The Morgan fingerprint density at radius 3 is 1.75 bits per heavy atom. The summed E-state index contributed by atoms with van der Waals surface area (Å²) in [5, 5.41) is 12.6. The van der Waals surface area contributed by atoms with Gasteiger partial charge in [0.05, 0.1) is 5.69 Å². The largest absolute Gasteiger partial charge is 0.758 e. The molecule has 20 heavy (non-hydrogen) atoms. The van der Waals surface area contributed by atoms with Crippen LogP contribution >= 0.6 is 7.92 Å². The van der Waals surface area contributed by atoms with Crippen LogP contribution in [0, 0.1) is 16.8 Å². The zero-order valence-electron chi connectivity index (χ0n) is 13.0. The van der Waals surface area contributed by atoms with Gasteiger partial charge in [-0.2, -0.15) is 0 Å². The first kappa shape index (κ1) is 17.3. The van der Waals surface area contributed by atoms with Crippen LogP contribution < -0.4 is 5.06 Å². The maximum Gasteiger partial charge on any atom is 0.148 e. The van der Waals surface area contributed by atoms with Crippen molar-refractivity contribution in [3.8, 4) is 0 Å². The highest BCUT2D eigenvalue weighted by atomic mass is 31.1. The van der Waals surface area contributed by atoms with Crippen molar-refractivity contribution in [1.82, 2.24) is 0 Å². The molecule has 0 unspecified atom stereocenters. The van der Waals surface area contributed by atoms with Gasteiger partial charge < -0.3 is 10.3 Å². The Morgan fingerprint density at radius 1 is 1.00 bits per heavy atom. The van der Waals surface area contributed by atoms with Crippen molar-refractivity contribution in [2.24, 2.45) is 0 Å². The highest BCUT2D eigenvalue weighted by molar-refractivity contribution is 7.60. The minimum absolute atomic E-state index is 0.0715. The second kappa shape index (κ2) is 5.95. The van der Waals surface area contributed by atoms with Crippen LogP contribution in [-0.4, -0.2) is 16.6 Å². The SMILES string of the molecule is CC(C)(C)P(CN([O-])c1c(F)cccc1F)C(C)(C)C. The number of halogens is 2. The number of hydrogen-bond acceptors (Lipinski definition) is 2. The second-order valence-corrected chi connectivity index (χ2v) is 10.7. The van der Waals surface area contributed by atoms with Gasteiger partial charge in [-0.05, 0) is 22.4 Å². The van der Waals surface area contributed by atoms with E-state index in [-0.39, 0.29) is 16.6 Å². The Labute approximate surface area is 121 Å². The van der Waals surface area contributed by atoms with Crippen molar-refractivity contribution in [2.45, 2.75) is 51.9 Å². The van der Waals surface area contributed by atoms with Crippen LogP contribution in [0.5, 0.6) is 0 Å². The Kier molecular flexibility index (Phi) is 5.15. The molecule has 0 spiro atoms. The van der Waals surface area contributed by atoms with Crippen molar-refractivity contribution in [2.75, 3.05) is 11.3 Å². The van der Waals surface area contributed by atoms with Gasteiger partial charge in [0.2, 0.25) is 0 Å². The number of benzene rings is 1. The fourth-order valence-corrected chi connectivity index (χ4v) is 5.62. The quantitative estimate of drug-likeness (QED) is 0.559. The van der Waals surface area contributed by atoms with Gasteiger partial charge in [-0.15, -0.1) is 0 Å². The summed E-state index contributed by atoms with van der Waals surface area (Å²) in [4.78, 5) is 0. The second-order valence-electron chi connectivity index (χ2n) is 6.86. The molecule has 0 amide bonds. The molecule has 0 bridgehead atoms. The van der Waals surface area contributed by atoms with Crippen LogP contribution in [0.4, 0.5) is 14.5 Å². The molecule has 2 nitrogen and oxygen atoms in total. The van der Waals surface area contributed by atoms with E-state index in [1.165, 1.54) is 6.07 Å². The number of rotatable bonds is 3. The highest BCUT2D eigenvalue weighted by Gasteiger charge is 2.34. The fourth-order valence-electron chi connectivity index (χ4n) is 2.36. The van der Waals surface area contributed by atoms with Crippen LogP contribution in [-0.2, 0) is 0 Å². The topological polar surface area (TPSA) is 26.3 Å². The van der Waals surface area contributed by atoms with Gasteiger partial charge in [0, 0.05) is 6.29 Å². The predicted molar refractivity (Wildman–Crippen MR) is 83.5 cm³/mol. The minimum Gasteiger partial charge on any atom is -0.758 e. The zero-order valence-corrected chi connectivity index (χ0v) is 13.9. The average molecular weight is 302 g/mol. The molecule has 114 valence electrons. The van der Waals surface area contributed by atoms with Crippen LogP contribution in [0.1, 0.15) is 41.5 Å². The van der Waals surface area contributed by atoms with Crippen LogP contribution in [0.2, 0.25) is 0 Å². The Bertz CT molecular complexity index is 432. The predicted octanol–water partition coefficient (Wildman–Crippen LogP) is 5.31. The van der Waals surface area contributed by atoms with Gasteiger partial charge in [0.1, 0.15) is 11.6 Å². The van der Waals surface area contributed by atoms with Gasteiger partial charge in [-0.1, -0.05) is 55.5 Å². The van der Waals surface area contributed by atoms with E-state index >= 15 is 0 Å². The standard InChI is InChI=1S/C15H23F2NOP/c1-14(2,3)20(15(4,5)6)10-18(19)13-11(16)8-7-9-12(13)17/h7-9H,10H2,1-6H3/q-1. The van der Waals surface area contributed by atoms with Crippen LogP contribution in [0.25, 0.3) is 0 Å². The van der Waals surface area contributed by atoms with Crippen molar-refractivity contribution in [3.63, 3.8) is 0 Å². The molecule has 0 fully saturated rings. The molecule has 5 heteroatoms. The third-order valence-corrected chi connectivity index (χ3v) is 6.86. The van der Waals surface area contributed by atoms with Gasteiger partial charge in [-0.25, -0.2) is 8.78 Å². The average Bonchev–Trinajstić information content (AvgIpc) is 2.22. The highest BCUT2D eigenvalue weighted by Crippen LogP contribution is 2.59. The van der Waals surface area contributed by atoms with E-state index in [0.717, 1.165) is 12.1 Å². The molecule has 0 N–H and O–H groups in total. The van der Waals surface area contributed by atoms with E-state index in [0.29, 0.717) is 5.06 Å². The molecule has 0 aromatic heterocycles. The normalized spacial score (nSPS) is 12.9. The van der Waals surface area contributed by atoms with Gasteiger partial charge in [-0.3, -0.25) is 0 Å². The first-order chi connectivity index (χ1) is 8.94. The lowest BCUT2D eigenvalue weighted by atomic mass is 10.2. The lowest BCUT2D eigenvalue weighted by Crippen LogP contribution is -2.32. The maximum atomic E-state index is 13.7. The molecule has 0 saturated heterocycles. The zero-order chi connectivity index (χ0) is 15.7. The molecule has 0 aliphatic rings. The lowest BCUT2D eigenvalue weighted by Gasteiger charge is -2.46. The Balaban J connectivity index is 3.07. The van der Waals surface area contributed by atoms with E-state index in [2.05, 4.69) is 41.5 Å². The maximum absolute atomic E-state index is 13.7. The van der Waals surface area contributed by atoms with E-state index < -0.39 is 25.2 Å². The first-order valence-electron chi connectivity index (χ1n) is 6.61. The fraction of sp³-hybridized carbons (Fsp3) is 0.600. The summed E-state index contributed by atoms with van der Waals surface area (Å²) < 4.78 is 27.3. The molecular formula is C15H23F2NOP-. The van der Waals surface area contributed by atoms with Gasteiger partial charge in [0.25, 0.3) is 0 Å². The summed E-state index contributed by atoms with van der Waals surface area (Å²) in [6.07, 6.45) is 0.125. The van der Waals surface area contributed by atoms with E-state index in [1.807, 2.05) is 0 Å². The molecule has 0 radical (unpaired) electrons. The van der Waals surface area contributed by atoms with Crippen molar-refractivity contribution < 1.29 is 8.78 Å². The third-order valence-electron chi connectivity index (χ3n) is 3.08. The summed E-state index contributed by atoms with van der Waals surface area (Å²) in [5.41, 5.74) is -0.478. The number of para-hydroxylation sites is 1. The Hall–Kier alpha value is -0.730. The molecule has 0 aliphatic carbocycles. The summed E-state index contributed by atoms with van der Waals surface area (Å²) in [6.45, 7) is 12.4. The van der Waals surface area contributed by atoms with Crippen molar-refractivity contribution in [1.29, 1.82) is 0 Å². The summed E-state index contributed by atoms with van der Waals surface area (Å²) in [7, 11) is -0.750. The van der Waals surface area contributed by atoms with Crippen molar-refractivity contribution >= 4 is 13.6 Å². The molecule has 0 atom stereocenters. The van der Waals surface area contributed by atoms with Gasteiger partial charge in [0.15, 0.2) is 0 Å². The third kappa shape index (κ3) is 4.13. The number of hydrogen-bond donors (Lipinski definition) is 0. The van der Waals surface area contributed by atoms with Gasteiger partial charge >= 0.3 is 0 Å². The molecule has 0 saturated carbocycles. The molecule has 0 aliphatic heterocycles. The summed E-state index contributed by atoms with van der Waals surface area (Å²) >= 11 is 0. The number of anilines is 1. The number of nitrogens with zero attached hydrogens (tertiary/aromatic N) is 1. The van der Waals surface area contributed by atoms with E-state index in [1.54, 1.807) is 0 Å². The molecule has 1 aromatic rings. The molecular weight excluding hydrogens is 279 g/mol. The van der Waals surface area contributed by atoms with E-state index in [9.17, 15) is 14.0 Å². The monoisotopic (exact) mass is 302 g/mol. The minimum atomic E-state index is -0.808.